The van der Waals surface area contributed by atoms with Gasteiger partial charge in [0.25, 0.3) is 0 Å². The van der Waals surface area contributed by atoms with Gasteiger partial charge in [0.15, 0.2) is 0 Å². The molecule has 6 heteroatoms. The molecule has 0 radical (unpaired) electrons. The summed E-state index contributed by atoms with van der Waals surface area (Å²) >= 11 is 1.56. The maximum Gasteiger partial charge on any atom is 0.225 e. The highest BCUT2D eigenvalue weighted by Crippen LogP contribution is 2.37. The molecule has 4 nitrogen and oxygen atoms in total. The van der Waals surface area contributed by atoms with Crippen LogP contribution in [0.4, 0.5) is 4.39 Å². The number of hydrogen-bond donors (Lipinski definition) is 1. The number of hydrogen-bond acceptors (Lipinski definition) is 3. The van der Waals surface area contributed by atoms with Gasteiger partial charge in [0.05, 0.1) is 12.0 Å². The summed E-state index contributed by atoms with van der Waals surface area (Å²) in [5, 5.41) is 4.87. The maximum absolute atomic E-state index is 12.9. The summed E-state index contributed by atoms with van der Waals surface area (Å²) in [7, 11) is 1.76. The first-order chi connectivity index (χ1) is 11.6. The van der Waals surface area contributed by atoms with Crippen LogP contribution in [-0.2, 0) is 16.1 Å². The summed E-state index contributed by atoms with van der Waals surface area (Å²) in [6.07, 6.45) is 0.925. The smallest absolute Gasteiger partial charge is 0.225 e. The van der Waals surface area contributed by atoms with E-state index in [1.165, 1.54) is 12.1 Å². The van der Waals surface area contributed by atoms with E-state index >= 15 is 0 Å². The quantitative estimate of drug-likeness (QED) is 0.925. The fourth-order valence-electron chi connectivity index (χ4n) is 3.08. The molecule has 126 valence electrons. The Balaban J connectivity index is 1.72. The Morgan fingerprint density at radius 3 is 2.75 bits per heavy atom. The molecular formula is C18H19FN2O2S. The number of nitrogens with one attached hydrogen (secondary N) is 1. The molecule has 0 saturated carbocycles. The van der Waals surface area contributed by atoms with Crippen molar-refractivity contribution in [1.29, 1.82) is 0 Å². The van der Waals surface area contributed by atoms with E-state index in [1.54, 1.807) is 35.4 Å². The van der Waals surface area contributed by atoms with Crippen LogP contribution in [0.3, 0.4) is 0 Å². The number of carbonyl (C=O) groups is 2. The molecule has 0 unspecified atom stereocenters. The maximum atomic E-state index is 12.9. The molecule has 2 atom stereocenters. The first kappa shape index (κ1) is 16.6. The van der Waals surface area contributed by atoms with Crippen molar-refractivity contribution in [2.75, 3.05) is 7.05 Å². The standard InChI is InChI=1S/C18H19FN2O2S/c1-21-16(22)9-8-14(17(21)15-3-2-10-24-15)18(23)20-11-12-4-6-13(19)7-5-12/h2-7,10,14,17H,8-9,11H2,1H3,(H,20,23)/t14-,17+/m0/s1. The number of rotatable bonds is 4. The van der Waals surface area contributed by atoms with Crippen LogP contribution >= 0.6 is 11.3 Å². The van der Waals surface area contributed by atoms with Crippen molar-refractivity contribution in [3.8, 4) is 0 Å². The van der Waals surface area contributed by atoms with E-state index in [0.29, 0.717) is 19.4 Å². The lowest BCUT2D eigenvalue weighted by Gasteiger charge is -2.37. The second-order valence-electron chi connectivity index (χ2n) is 5.95. The topological polar surface area (TPSA) is 49.4 Å². The lowest BCUT2D eigenvalue weighted by molar-refractivity contribution is -0.141. The summed E-state index contributed by atoms with van der Waals surface area (Å²) in [6.45, 7) is 0.352. The SMILES string of the molecule is CN1C(=O)CC[C@H](C(=O)NCc2ccc(F)cc2)[C@@H]1c1cccs1. The molecule has 1 aromatic heterocycles. The number of halogens is 1. The van der Waals surface area contributed by atoms with Crippen LogP contribution in [0.25, 0.3) is 0 Å². The van der Waals surface area contributed by atoms with Gasteiger partial charge >= 0.3 is 0 Å². The summed E-state index contributed by atoms with van der Waals surface area (Å²) in [5.74, 6) is -0.574. The third-order valence-corrected chi connectivity index (χ3v) is 5.36. The van der Waals surface area contributed by atoms with E-state index in [0.717, 1.165) is 10.4 Å². The number of piperidine rings is 1. The largest absolute Gasteiger partial charge is 0.352 e. The molecule has 2 heterocycles. The number of likely N-dealkylation sites (tertiary alicyclic amines) is 1. The third kappa shape index (κ3) is 3.48. The molecule has 2 aromatic rings. The lowest BCUT2D eigenvalue weighted by Crippen LogP contribution is -2.45. The van der Waals surface area contributed by atoms with Crippen molar-refractivity contribution in [2.45, 2.75) is 25.4 Å². The Kier molecular flexibility index (Phi) is 4.94. The molecule has 1 saturated heterocycles. The predicted octanol–water partition coefficient (Wildman–Crippen LogP) is 3.11. The van der Waals surface area contributed by atoms with E-state index in [1.807, 2.05) is 17.5 Å². The minimum Gasteiger partial charge on any atom is -0.352 e. The molecule has 1 N–H and O–H groups in total. The molecule has 1 aliphatic heterocycles. The first-order valence-corrected chi connectivity index (χ1v) is 8.75. The number of thiophene rings is 1. The van der Waals surface area contributed by atoms with Gasteiger partial charge in [-0.05, 0) is 35.6 Å². The van der Waals surface area contributed by atoms with Crippen LogP contribution in [0.2, 0.25) is 0 Å². The van der Waals surface area contributed by atoms with Crippen LogP contribution in [0.1, 0.15) is 29.3 Å². The normalized spacial score (nSPS) is 20.9. The Morgan fingerprint density at radius 1 is 1.33 bits per heavy atom. The molecule has 0 bridgehead atoms. The summed E-state index contributed by atoms with van der Waals surface area (Å²) in [4.78, 5) is 27.4. The second-order valence-corrected chi connectivity index (χ2v) is 6.93. The fourth-order valence-corrected chi connectivity index (χ4v) is 4.02. The van der Waals surface area contributed by atoms with Gasteiger partial charge in [0.2, 0.25) is 11.8 Å². The van der Waals surface area contributed by atoms with Gasteiger partial charge < -0.3 is 10.2 Å². The summed E-state index contributed by atoms with van der Waals surface area (Å²) in [6, 6.07) is 9.74. The number of carbonyl (C=O) groups excluding carboxylic acids is 2. The first-order valence-electron chi connectivity index (χ1n) is 7.87. The van der Waals surface area contributed by atoms with Crippen molar-refractivity contribution in [1.82, 2.24) is 10.2 Å². The molecule has 1 fully saturated rings. The highest BCUT2D eigenvalue weighted by molar-refractivity contribution is 7.10. The van der Waals surface area contributed by atoms with Crippen LogP contribution in [0, 0.1) is 11.7 Å². The van der Waals surface area contributed by atoms with E-state index in [4.69, 9.17) is 0 Å². The van der Waals surface area contributed by atoms with Crippen LogP contribution < -0.4 is 5.32 Å². The molecule has 24 heavy (non-hydrogen) atoms. The lowest BCUT2D eigenvalue weighted by atomic mass is 9.87. The zero-order valence-corrected chi connectivity index (χ0v) is 14.2. The van der Waals surface area contributed by atoms with Gasteiger partial charge in [-0.3, -0.25) is 9.59 Å². The summed E-state index contributed by atoms with van der Waals surface area (Å²) in [5.41, 5.74) is 0.845. The monoisotopic (exact) mass is 346 g/mol. The van der Waals surface area contributed by atoms with Crippen molar-refractivity contribution < 1.29 is 14.0 Å². The Labute approximate surface area is 144 Å². The molecule has 1 aliphatic rings. The van der Waals surface area contributed by atoms with Gasteiger partial charge in [0, 0.05) is 24.9 Å². The average Bonchev–Trinajstić information content (AvgIpc) is 3.10. The fraction of sp³-hybridized carbons (Fsp3) is 0.333. The van der Waals surface area contributed by atoms with E-state index < -0.39 is 0 Å². The molecule has 2 amide bonds. The van der Waals surface area contributed by atoms with Crippen LogP contribution in [0.15, 0.2) is 41.8 Å². The second kappa shape index (κ2) is 7.13. The van der Waals surface area contributed by atoms with E-state index in [-0.39, 0.29) is 29.6 Å². The Hall–Kier alpha value is -2.21. The van der Waals surface area contributed by atoms with Crippen molar-refractivity contribution in [2.24, 2.45) is 5.92 Å². The van der Waals surface area contributed by atoms with Crippen LogP contribution in [-0.4, -0.2) is 23.8 Å². The molecular weight excluding hydrogens is 327 g/mol. The number of nitrogens with zero attached hydrogens (tertiary/aromatic N) is 1. The van der Waals surface area contributed by atoms with Crippen LogP contribution in [0.5, 0.6) is 0 Å². The van der Waals surface area contributed by atoms with Gasteiger partial charge in [-0.15, -0.1) is 11.3 Å². The zero-order valence-electron chi connectivity index (χ0n) is 13.4. The van der Waals surface area contributed by atoms with Gasteiger partial charge in [-0.1, -0.05) is 18.2 Å². The predicted molar refractivity (Wildman–Crippen MR) is 90.8 cm³/mol. The highest BCUT2D eigenvalue weighted by atomic mass is 32.1. The number of amides is 2. The van der Waals surface area contributed by atoms with Gasteiger partial charge in [-0.25, -0.2) is 4.39 Å². The van der Waals surface area contributed by atoms with E-state index in [2.05, 4.69) is 5.32 Å². The minimum atomic E-state index is -0.296. The summed E-state index contributed by atoms with van der Waals surface area (Å²) < 4.78 is 12.9. The Bertz CT molecular complexity index is 715. The molecule has 0 spiro atoms. The van der Waals surface area contributed by atoms with Crippen molar-refractivity contribution in [3.63, 3.8) is 0 Å². The van der Waals surface area contributed by atoms with Crippen molar-refractivity contribution in [3.05, 3.63) is 58.0 Å². The van der Waals surface area contributed by atoms with Gasteiger partial charge in [0.1, 0.15) is 5.82 Å². The average molecular weight is 346 g/mol. The highest BCUT2D eigenvalue weighted by Gasteiger charge is 2.39. The molecule has 3 rings (SSSR count). The van der Waals surface area contributed by atoms with Crippen molar-refractivity contribution >= 4 is 23.2 Å². The zero-order chi connectivity index (χ0) is 17.1. The molecule has 0 aliphatic carbocycles. The van der Waals surface area contributed by atoms with Gasteiger partial charge in [-0.2, -0.15) is 0 Å². The minimum absolute atomic E-state index is 0.0657. The third-order valence-electron chi connectivity index (χ3n) is 4.41. The van der Waals surface area contributed by atoms with E-state index in [9.17, 15) is 14.0 Å². The molecule has 1 aromatic carbocycles. The Morgan fingerprint density at radius 2 is 2.08 bits per heavy atom. The number of benzene rings is 1.